The Morgan fingerprint density at radius 3 is 1.79 bits per heavy atom. The number of carbonyl (C=O) groups is 1. The molecule has 1 unspecified atom stereocenters. The second kappa shape index (κ2) is 9.15. The summed E-state index contributed by atoms with van der Waals surface area (Å²) in [5.41, 5.74) is 4.90. The minimum absolute atomic E-state index is 0.270. The molecule has 1 aromatic carbocycles. The lowest BCUT2D eigenvalue weighted by molar-refractivity contribution is -0.118. The van der Waals surface area contributed by atoms with Crippen LogP contribution in [0.25, 0.3) is 0 Å². The fourth-order valence-electron chi connectivity index (χ4n) is 3.17. The number of carbonyl (C=O) groups excluding carboxylic acids is 1. The van der Waals surface area contributed by atoms with Crippen LogP contribution in [0.4, 0.5) is 5.69 Å². The first-order chi connectivity index (χ1) is 11.1. The van der Waals surface area contributed by atoms with E-state index in [0.717, 1.165) is 17.8 Å². The maximum absolute atomic E-state index is 11.5. The van der Waals surface area contributed by atoms with E-state index < -0.39 is 0 Å². The number of hydrogen-bond acceptors (Lipinski definition) is 2. The number of benzene rings is 1. The summed E-state index contributed by atoms with van der Waals surface area (Å²) in [6.07, 6.45) is 1.54. The summed E-state index contributed by atoms with van der Waals surface area (Å²) in [5, 5.41) is 0. The smallest absolute Gasteiger partial charge is 0.130 e. The van der Waals surface area contributed by atoms with E-state index in [2.05, 4.69) is 66.7 Å². The third-order valence-corrected chi connectivity index (χ3v) is 4.70. The van der Waals surface area contributed by atoms with E-state index in [0.29, 0.717) is 30.1 Å². The van der Waals surface area contributed by atoms with Crippen LogP contribution in [0.15, 0.2) is 23.2 Å². The molecule has 2 nitrogen and oxygen atoms in total. The molecule has 0 amide bonds. The minimum atomic E-state index is 0.270. The van der Waals surface area contributed by atoms with E-state index in [9.17, 15) is 4.79 Å². The molecule has 134 valence electrons. The van der Waals surface area contributed by atoms with Gasteiger partial charge in [-0.1, -0.05) is 59.7 Å². The Hall–Kier alpha value is -1.44. The highest BCUT2D eigenvalue weighted by Crippen LogP contribution is 2.35. The topological polar surface area (TPSA) is 29.4 Å². The number of nitrogens with zero attached hydrogens (tertiary/aromatic N) is 1. The molecule has 0 aliphatic heterocycles. The van der Waals surface area contributed by atoms with Gasteiger partial charge in [-0.2, -0.15) is 0 Å². The number of ketones is 1. The Morgan fingerprint density at radius 2 is 1.42 bits per heavy atom. The number of para-hydroxylation sites is 1. The lowest BCUT2D eigenvalue weighted by Gasteiger charge is -2.21. The van der Waals surface area contributed by atoms with Crippen molar-refractivity contribution in [3.8, 4) is 0 Å². The van der Waals surface area contributed by atoms with Crippen molar-refractivity contribution in [3.63, 3.8) is 0 Å². The summed E-state index contributed by atoms with van der Waals surface area (Å²) in [5.74, 6) is 2.04. The molecule has 0 aliphatic carbocycles. The molecule has 0 spiro atoms. The normalized spacial score (nSPS) is 13.9. The van der Waals surface area contributed by atoms with Crippen LogP contribution in [0.1, 0.15) is 91.2 Å². The average Bonchev–Trinajstić information content (AvgIpc) is 2.45. The molecule has 0 bridgehead atoms. The molecule has 0 aromatic heterocycles. The molecule has 1 rings (SSSR count). The fraction of sp³-hybridized carbons (Fsp3) is 0.636. The van der Waals surface area contributed by atoms with Gasteiger partial charge in [0.05, 0.1) is 5.69 Å². The molecule has 0 radical (unpaired) electrons. The molecule has 1 atom stereocenters. The monoisotopic (exact) mass is 329 g/mol. The number of rotatable bonds is 8. The Bertz CT molecular complexity index is 555. The highest BCUT2D eigenvalue weighted by atomic mass is 16.1. The van der Waals surface area contributed by atoms with Gasteiger partial charge in [-0.25, -0.2) is 0 Å². The van der Waals surface area contributed by atoms with Crippen LogP contribution >= 0.6 is 0 Å². The highest BCUT2D eigenvalue weighted by molar-refractivity contribution is 5.86. The maximum atomic E-state index is 11.5. The van der Waals surface area contributed by atoms with Gasteiger partial charge in [-0.15, -0.1) is 0 Å². The van der Waals surface area contributed by atoms with Crippen LogP contribution in [-0.2, 0) is 4.79 Å². The van der Waals surface area contributed by atoms with Crippen LogP contribution in [0.3, 0.4) is 0 Å². The van der Waals surface area contributed by atoms with Gasteiger partial charge in [-0.05, 0) is 55.1 Å². The zero-order valence-electron chi connectivity index (χ0n) is 16.8. The van der Waals surface area contributed by atoms with Crippen molar-refractivity contribution in [2.75, 3.05) is 0 Å². The SMILES string of the molecule is CC(=O)CC(C/C(C)=N/c1c(C(C)C)cccc1C(C)C)C(C)C. The summed E-state index contributed by atoms with van der Waals surface area (Å²) in [4.78, 5) is 16.6. The molecule has 0 fully saturated rings. The Morgan fingerprint density at radius 1 is 0.917 bits per heavy atom. The molecule has 0 saturated carbocycles. The zero-order valence-corrected chi connectivity index (χ0v) is 16.8. The molecule has 0 heterocycles. The first-order valence-corrected chi connectivity index (χ1v) is 9.29. The van der Waals surface area contributed by atoms with Crippen molar-refractivity contribution >= 4 is 17.2 Å². The second-order valence-electron chi connectivity index (χ2n) is 8.06. The van der Waals surface area contributed by atoms with E-state index in [1.807, 2.05) is 0 Å². The predicted molar refractivity (Wildman–Crippen MR) is 106 cm³/mol. The van der Waals surface area contributed by atoms with Crippen molar-refractivity contribution in [1.29, 1.82) is 0 Å². The maximum Gasteiger partial charge on any atom is 0.130 e. The Kier molecular flexibility index (Phi) is 7.86. The molecule has 24 heavy (non-hydrogen) atoms. The van der Waals surface area contributed by atoms with Gasteiger partial charge in [0.25, 0.3) is 0 Å². The molecule has 2 heteroatoms. The Balaban J connectivity index is 3.20. The van der Waals surface area contributed by atoms with Crippen LogP contribution in [0.5, 0.6) is 0 Å². The number of aliphatic imine (C=N–C) groups is 1. The first-order valence-electron chi connectivity index (χ1n) is 9.29. The Labute approximate surface area is 148 Å². The summed E-state index contributed by atoms with van der Waals surface area (Å²) < 4.78 is 0. The minimum Gasteiger partial charge on any atom is -0.300 e. The summed E-state index contributed by atoms with van der Waals surface area (Å²) in [6.45, 7) is 17.1. The zero-order chi connectivity index (χ0) is 18.4. The van der Waals surface area contributed by atoms with Gasteiger partial charge in [0.15, 0.2) is 0 Å². The van der Waals surface area contributed by atoms with Crippen LogP contribution in [-0.4, -0.2) is 11.5 Å². The lowest BCUT2D eigenvalue weighted by atomic mass is 9.86. The summed E-state index contributed by atoms with van der Waals surface area (Å²) in [6, 6.07) is 6.53. The standard InChI is InChI=1S/C22H35NO/c1-14(2)19(13-18(8)24)12-17(7)23-22-20(15(3)4)10-9-11-21(22)16(5)6/h9-11,14-16,19H,12-13H2,1-8H3/b23-17+. The van der Waals surface area contributed by atoms with Gasteiger partial charge >= 0.3 is 0 Å². The highest BCUT2D eigenvalue weighted by Gasteiger charge is 2.18. The lowest BCUT2D eigenvalue weighted by Crippen LogP contribution is -2.16. The third kappa shape index (κ3) is 5.89. The van der Waals surface area contributed by atoms with Crippen molar-refractivity contribution in [2.45, 2.75) is 80.1 Å². The van der Waals surface area contributed by atoms with Crippen molar-refractivity contribution in [2.24, 2.45) is 16.8 Å². The fourth-order valence-corrected chi connectivity index (χ4v) is 3.17. The summed E-state index contributed by atoms with van der Waals surface area (Å²) in [7, 11) is 0. The number of hydrogen-bond donors (Lipinski definition) is 0. The number of Topliss-reactive ketones (excluding diaryl/α,β-unsaturated/α-hetero) is 1. The van der Waals surface area contributed by atoms with Gasteiger partial charge in [-0.3, -0.25) is 4.99 Å². The van der Waals surface area contributed by atoms with Gasteiger partial charge < -0.3 is 4.79 Å². The second-order valence-corrected chi connectivity index (χ2v) is 8.06. The first kappa shape index (κ1) is 20.6. The molecule has 0 saturated heterocycles. The van der Waals surface area contributed by atoms with E-state index in [-0.39, 0.29) is 5.78 Å². The van der Waals surface area contributed by atoms with E-state index in [1.54, 1.807) is 6.92 Å². The molecular weight excluding hydrogens is 294 g/mol. The van der Waals surface area contributed by atoms with Crippen LogP contribution in [0, 0.1) is 11.8 Å². The molecule has 0 N–H and O–H groups in total. The van der Waals surface area contributed by atoms with Gasteiger partial charge in [0.1, 0.15) is 5.78 Å². The van der Waals surface area contributed by atoms with E-state index >= 15 is 0 Å². The quantitative estimate of drug-likeness (QED) is 0.490. The largest absolute Gasteiger partial charge is 0.300 e. The van der Waals surface area contributed by atoms with E-state index in [4.69, 9.17) is 4.99 Å². The van der Waals surface area contributed by atoms with Crippen molar-refractivity contribution in [3.05, 3.63) is 29.3 Å². The molecule has 1 aromatic rings. The van der Waals surface area contributed by atoms with Crippen LogP contribution in [0.2, 0.25) is 0 Å². The van der Waals surface area contributed by atoms with E-state index in [1.165, 1.54) is 11.1 Å². The molecular formula is C22H35NO. The predicted octanol–water partition coefficient (Wildman–Crippen LogP) is 6.67. The summed E-state index contributed by atoms with van der Waals surface area (Å²) >= 11 is 0. The molecule has 0 aliphatic rings. The van der Waals surface area contributed by atoms with Gasteiger partial charge in [0.2, 0.25) is 0 Å². The van der Waals surface area contributed by atoms with Gasteiger partial charge in [0, 0.05) is 12.1 Å². The average molecular weight is 330 g/mol. The van der Waals surface area contributed by atoms with Crippen molar-refractivity contribution in [1.82, 2.24) is 0 Å². The third-order valence-electron chi connectivity index (χ3n) is 4.70. The van der Waals surface area contributed by atoms with Crippen molar-refractivity contribution < 1.29 is 4.79 Å². The van der Waals surface area contributed by atoms with Crippen LogP contribution < -0.4 is 0 Å².